The summed E-state index contributed by atoms with van der Waals surface area (Å²) in [6.45, 7) is 3.24. The van der Waals surface area contributed by atoms with Gasteiger partial charge in [0, 0.05) is 6.61 Å². The van der Waals surface area contributed by atoms with E-state index >= 15 is 0 Å². The summed E-state index contributed by atoms with van der Waals surface area (Å²) in [5.74, 6) is -0.275. The van der Waals surface area contributed by atoms with Crippen molar-refractivity contribution in [2.45, 2.75) is 32.2 Å². The van der Waals surface area contributed by atoms with Crippen molar-refractivity contribution in [2.24, 2.45) is 0 Å². The fourth-order valence-corrected chi connectivity index (χ4v) is 1.07. The Hall–Kier alpha value is -0.610. The van der Waals surface area contributed by atoms with Gasteiger partial charge in [0.05, 0.1) is 13.7 Å². The molecule has 0 heterocycles. The minimum atomic E-state index is -0.346. The summed E-state index contributed by atoms with van der Waals surface area (Å²) in [6.07, 6.45) is 3.40. The van der Waals surface area contributed by atoms with Crippen LogP contribution in [0.2, 0.25) is 0 Å². The van der Waals surface area contributed by atoms with Crippen LogP contribution in [0, 0.1) is 0 Å². The van der Waals surface area contributed by atoms with Crippen molar-refractivity contribution in [3.8, 4) is 0 Å². The van der Waals surface area contributed by atoms with Gasteiger partial charge in [0.1, 0.15) is 6.04 Å². The lowest BCUT2D eigenvalue weighted by Gasteiger charge is -2.13. The molecule has 0 saturated carbocycles. The van der Waals surface area contributed by atoms with E-state index in [0.29, 0.717) is 13.2 Å². The van der Waals surface area contributed by atoms with Gasteiger partial charge in [-0.25, -0.2) is 0 Å². The normalized spacial score (nSPS) is 12.5. The molecule has 14 heavy (non-hydrogen) atoms. The molecule has 4 heteroatoms. The molecule has 0 aromatic heterocycles. The van der Waals surface area contributed by atoms with Gasteiger partial charge in [-0.05, 0) is 13.5 Å². The molecule has 0 aromatic carbocycles. The van der Waals surface area contributed by atoms with E-state index in [2.05, 4.69) is 17.0 Å². The van der Waals surface area contributed by atoms with Crippen LogP contribution in [0.5, 0.6) is 0 Å². The minimum absolute atomic E-state index is 0.275. The number of hydrogen-bond acceptors (Lipinski definition) is 4. The van der Waals surface area contributed by atoms with E-state index in [1.165, 1.54) is 20.0 Å². The molecule has 0 radical (unpaired) electrons. The van der Waals surface area contributed by atoms with Crippen molar-refractivity contribution in [1.29, 1.82) is 0 Å². The molecule has 0 aromatic rings. The zero-order chi connectivity index (χ0) is 10.8. The van der Waals surface area contributed by atoms with E-state index in [4.69, 9.17) is 4.74 Å². The van der Waals surface area contributed by atoms with Crippen molar-refractivity contribution < 1.29 is 14.3 Å². The third-order valence-electron chi connectivity index (χ3n) is 2.01. The molecule has 84 valence electrons. The van der Waals surface area contributed by atoms with Gasteiger partial charge in [-0.3, -0.25) is 4.79 Å². The van der Waals surface area contributed by atoms with Crippen molar-refractivity contribution in [3.63, 3.8) is 0 Å². The molecule has 0 amide bonds. The van der Waals surface area contributed by atoms with E-state index in [9.17, 15) is 4.79 Å². The Balaban J connectivity index is 3.48. The number of carbonyl (C=O) groups excluding carboxylic acids is 1. The van der Waals surface area contributed by atoms with Crippen LogP contribution in [0.4, 0.5) is 0 Å². The standard InChI is InChI=1S/C10H21NO3/c1-4-5-6-7-14-8-9(11-2)10(12)13-3/h9,11H,4-8H2,1-3H3. The van der Waals surface area contributed by atoms with E-state index in [1.54, 1.807) is 7.05 Å². The smallest absolute Gasteiger partial charge is 0.325 e. The van der Waals surface area contributed by atoms with Gasteiger partial charge in [-0.15, -0.1) is 0 Å². The van der Waals surface area contributed by atoms with E-state index in [0.717, 1.165) is 6.42 Å². The summed E-state index contributed by atoms with van der Waals surface area (Å²) in [6, 6.07) is -0.346. The summed E-state index contributed by atoms with van der Waals surface area (Å²) in [4.78, 5) is 11.1. The maximum Gasteiger partial charge on any atom is 0.325 e. The molecule has 1 unspecified atom stereocenters. The molecule has 0 spiro atoms. The highest BCUT2D eigenvalue weighted by molar-refractivity contribution is 5.75. The third kappa shape index (κ3) is 5.94. The molecule has 0 fully saturated rings. The van der Waals surface area contributed by atoms with E-state index in [1.807, 2.05) is 0 Å². The molecule has 0 rings (SSSR count). The summed E-state index contributed by atoms with van der Waals surface area (Å²) in [7, 11) is 3.10. The summed E-state index contributed by atoms with van der Waals surface area (Å²) < 4.78 is 9.95. The van der Waals surface area contributed by atoms with E-state index < -0.39 is 0 Å². The maximum atomic E-state index is 11.1. The van der Waals surface area contributed by atoms with Crippen LogP contribution < -0.4 is 5.32 Å². The van der Waals surface area contributed by atoms with Crippen LogP contribution in [0.15, 0.2) is 0 Å². The summed E-state index contributed by atoms with van der Waals surface area (Å²) in [5.41, 5.74) is 0. The zero-order valence-corrected chi connectivity index (χ0v) is 9.34. The first-order valence-electron chi connectivity index (χ1n) is 5.09. The Kier molecular flexibility index (Phi) is 8.57. The monoisotopic (exact) mass is 203 g/mol. The first-order chi connectivity index (χ1) is 6.76. The number of rotatable bonds is 8. The average Bonchev–Trinajstić information content (AvgIpc) is 2.22. The quantitative estimate of drug-likeness (QED) is 0.471. The average molecular weight is 203 g/mol. The van der Waals surface area contributed by atoms with Gasteiger partial charge in [-0.1, -0.05) is 19.8 Å². The molecule has 0 aliphatic heterocycles. The van der Waals surface area contributed by atoms with Crippen LogP contribution in [0.25, 0.3) is 0 Å². The summed E-state index contributed by atoms with van der Waals surface area (Å²) >= 11 is 0. The number of hydrogen-bond donors (Lipinski definition) is 1. The Labute approximate surface area is 86.0 Å². The van der Waals surface area contributed by atoms with Crippen molar-refractivity contribution in [2.75, 3.05) is 27.4 Å². The molecule has 4 nitrogen and oxygen atoms in total. The largest absolute Gasteiger partial charge is 0.468 e. The van der Waals surface area contributed by atoms with Gasteiger partial charge in [0.15, 0.2) is 0 Å². The molecule has 1 N–H and O–H groups in total. The number of nitrogens with one attached hydrogen (secondary N) is 1. The van der Waals surface area contributed by atoms with Gasteiger partial charge >= 0.3 is 5.97 Å². The molecule has 0 aliphatic carbocycles. The molecule has 0 bridgehead atoms. The lowest BCUT2D eigenvalue weighted by Crippen LogP contribution is -2.39. The predicted molar refractivity (Wildman–Crippen MR) is 55.2 cm³/mol. The first-order valence-corrected chi connectivity index (χ1v) is 5.09. The highest BCUT2D eigenvalue weighted by atomic mass is 16.5. The van der Waals surface area contributed by atoms with Crippen LogP contribution in [0.3, 0.4) is 0 Å². The van der Waals surface area contributed by atoms with Crippen molar-refractivity contribution >= 4 is 5.97 Å². The highest BCUT2D eigenvalue weighted by Gasteiger charge is 2.16. The fraction of sp³-hybridized carbons (Fsp3) is 0.900. The number of likely N-dealkylation sites (N-methyl/N-ethyl adjacent to an activating group) is 1. The van der Waals surface area contributed by atoms with Gasteiger partial charge in [0.2, 0.25) is 0 Å². The SMILES string of the molecule is CCCCCOCC(NC)C(=O)OC. The third-order valence-corrected chi connectivity index (χ3v) is 2.01. The molecular formula is C10H21NO3. The van der Waals surface area contributed by atoms with Crippen LogP contribution >= 0.6 is 0 Å². The number of esters is 1. The molecule has 0 saturated heterocycles. The van der Waals surface area contributed by atoms with Crippen molar-refractivity contribution in [3.05, 3.63) is 0 Å². The van der Waals surface area contributed by atoms with Crippen molar-refractivity contribution in [1.82, 2.24) is 5.32 Å². The topological polar surface area (TPSA) is 47.6 Å². The summed E-state index contributed by atoms with van der Waals surface area (Å²) in [5, 5.41) is 2.84. The van der Waals surface area contributed by atoms with Gasteiger partial charge in [-0.2, -0.15) is 0 Å². The fourth-order valence-electron chi connectivity index (χ4n) is 1.07. The number of unbranched alkanes of at least 4 members (excludes halogenated alkanes) is 2. The zero-order valence-electron chi connectivity index (χ0n) is 9.34. The Morgan fingerprint density at radius 2 is 2.14 bits per heavy atom. The Morgan fingerprint density at radius 3 is 2.64 bits per heavy atom. The molecular weight excluding hydrogens is 182 g/mol. The Morgan fingerprint density at radius 1 is 1.43 bits per heavy atom. The second-order valence-corrected chi connectivity index (χ2v) is 3.15. The lowest BCUT2D eigenvalue weighted by atomic mass is 10.3. The Bertz CT molecular complexity index is 150. The van der Waals surface area contributed by atoms with Gasteiger partial charge in [0.25, 0.3) is 0 Å². The number of ether oxygens (including phenoxy) is 2. The number of carbonyl (C=O) groups is 1. The first kappa shape index (κ1) is 13.4. The number of methoxy groups -OCH3 is 1. The second-order valence-electron chi connectivity index (χ2n) is 3.15. The highest BCUT2D eigenvalue weighted by Crippen LogP contribution is 1.95. The minimum Gasteiger partial charge on any atom is -0.468 e. The predicted octanol–water partition coefficient (Wildman–Crippen LogP) is 0.954. The lowest BCUT2D eigenvalue weighted by molar-refractivity contribution is -0.144. The molecule has 0 aliphatic rings. The maximum absolute atomic E-state index is 11.1. The van der Waals surface area contributed by atoms with Crippen LogP contribution in [0.1, 0.15) is 26.2 Å². The van der Waals surface area contributed by atoms with Crippen LogP contribution in [-0.4, -0.2) is 39.4 Å². The molecule has 1 atom stereocenters. The van der Waals surface area contributed by atoms with E-state index in [-0.39, 0.29) is 12.0 Å². The van der Waals surface area contributed by atoms with Crippen LogP contribution in [-0.2, 0) is 14.3 Å². The second kappa shape index (κ2) is 8.97. The van der Waals surface area contributed by atoms with Gasteiger partial charge < -0.3 is 14.8 Å².